The number of rotatable bonds is 4. The van der Waals surface area contributed by atoms with Crippen molar-refractivity contribution in [3.05, 3.63) is 11.6 Å². The lowest BCUT2D eigenvalue weighted by molar-refractivity contribution is -0.156. The number of allylic oxidation sites excluding steroid dienone is 1. The maximum absolute atomic E-state index is 12.3. The van der Waals surface area contributed by atoms with E-state index >= 15 is 0 Å². The summed E-state index contributed by atoms with van der Waals surface area (Å²) in [6.45, 7) is 0.886. The van der Waals surface area contributed by atoms with E-state index in [-0.39, 0.29) is 12.5 Å². The van der Waals surface area contributed by atoms with Crippen LogP contribution in [0.5, 0.6) is 0 Å². The summed E-state index contributed by atoms with van der Waals surface area (Å²) in [6.07, 6.45) is 6.45. The molecule has 3 rings (SSSR count). The van der Waals surface area contributed by atoms with E-state index in [2.05, 4.69) is 0 Å². The highest BCUT2D eigenvalue weighted by atomic mass is 16.5. The van der Waals surface area contributed by atoms with Crippen molar-refractivity contribution in [2.24, 2.45) is 11.8 Å². The number of carboxylic acids is 1. The molecule has 0 aromatic rings. The summed E-state index contributed by atoms with van der Waals surface area (Å²) in [5.74, 6) is 0.0341. The van der Waals surface area contributed by atoms with Gasteiger partial charge in [-0.1, -0.05) is 5.57 Å². The molecule has 1 saturated heterocycles. The number of ether oxygens (including phenoxy) is 1. The largest absolute Gasteiger partial charge is 0.480 e. The standard InChI is InChI=1S/C14H19NO4/c16-13(7-11(9-1-2-9)10-3-4-10)15-5-6-19-8-12(15)14(17)18/h7,9-10,12H,1-6,8H2,(H,17,18)/t12-/m1/s1. The number of carbonyl (C=O) groups excluding carboxylic acids is 1. The predicted molar refractivity (Wildman–Crippen MR) is 67.5 cm³/mol. The Labute approximate surface area is 112 Å². The summed E-state index contributed by atoms with van der Waals surface area (Å²) in [6, 6.07) is -0.836. The number of hydrogen-bond donors (Lipinski definition) is 1. The molecule has 2 aliphatic carbocycles. The van der Waals surface area contributed by atoms with E-state index in [1.54, 1.807) is 6.08 Å². The second kappa shape index (κ2) is 4.96. The number of amides is 1. The summed E-state index contributed by atoms with van der Waals surface area (Å²) in [4.78, 5) is 24.9. The second-order valence-electron chi connectivity index (χ2n) is 5.65. The van der Waals surface area contributed by atoms with Crippen molar-refractivity contribution in [1.82, 2.24) is 4.90 Å². The van der Waals surface area contributed by atoms with Crippen molar-refractivity contribution < 1.29 is 19.4 Å². The Morgan fingerprint density at radius 1 is 1.16 bits per heavy atom. The van der Waals surface area contributed by atoms with Gasteiger partial charge in [0.1, 0.15) is 0 Å². The molecule has 0 unspecified atom stereocenters. The van der Waals surface area contributed by atoms with Crippen molar-refractivity contribution in [3.8, 4) is 0 Å². The summed E-state index contributed by atoms with van der Waals surface area (Å²) in [5, 5.41) is 9.14. The van der Waals surface area contributed by atoms with Crippen LogP contribution in [0.1, 0.15) is 25.7 Å². The maximum Gasteiger partial charge on any atom is 0.328 e. The van der Waals surface area contributed by atoms with E-state index in [1.807, 2.05) is 0 Å². The summed E-state index contributed by atoms with van der Waals surface area (Å²) < 4.78 is 5.15. The Balaban J connectivity index is 1.73. The van der Waals surface area contributed by atoms with Gasteiger partial charge < -0.3 is 14.7 Å². The Morgan fingerprint density at radius 2 is 1.79 bits per heavy atom. The summed E-state index contributed by atoms with van der Waals surface area (Å²) in [7, 11) is 0. The average molecular weight is 265 g/mol. The zero-order valence-corrected chi connectivity index (χ0v) is 10.9. The first-order valence-electron chi connectivity index (χ1n) is 6.99. The lowest BCUT2D eigenvalue weighted by Gasteiger charge is -2.32. The van der Waals surface area contributed by atoms with Gasteiger partial charge in [0.05, 0.1) is 13.2 Å². The lowest BCUT2D eigenvalue weighted by atomic mass is 10.0. The molecule has 3 fully saturated rings. The van der Waals surface area contributed by atoms with Crippen molar-refractivity contribution >= 4 is 11.9 Å². The predicted octanol–water partition coefficient (Wildman–Crippen LogP) is 1.04. The normalized spacial score (nSPS) is 26.9. The van der Waals surface area contributed by atoms with Crippen molar-refractivity contribution in [2.75, 3.05) is 19.8 Å². The number of morpholine rings is 1. The van der Waals surface area contributed by atoms with Crippen LogP contribution in [0, 0.1) is 11.8 Å². The van der Waals surface area contributed by atoms with Gasteiger partial charge in [-0.25, -0.2) is 4.79 Å². The number of aliphatic carboxylic acids is 1. The molecule has 0 spiro atoms. The maximum atomic E-state index is 12.3. The number of carboxylic acid groups (broad SMARTS) is 1. The first-order valence-corrected chi connectivity index (χ1v) is 6.99. The van der Waals surface area contributed by atoms with Gasteiger partial charge in [0.2, 0.25) is 5.91 Å². The smallest absolute Gasteiger partial charge is 0.328 e. The minimum Gasteiger partial charge on any atom is -0.480 e. The fraction of sp³-hybridized carbons (Fsp3) is 0.714. The molecule has 3 aliphatic rings. The van der Waals surface area contributed by atoms with E-state index in [0.717, 1.165) is 0 Å². The van der Waals surface area contributed by atoms with Crippen LogP contribution in [-0.2, 0) is 14.3 Å². The van der Waals surface area contributed by atoms with E-state index in [4.69, 9.17) is 9.84 Å². The molecule has 2 saturated carbocycles. The highest BCUT2D eigenvalue weighted by Crippen LogP contribution is 2.48. The minimum absolute atomic E-state index is 0.0943. The van der Waals surface area contributed by atoms with Crippen LogP contribution in [0.3, 0.4) is 0 Å². The molecule has 5 heteroatoms. The topological polar surface area (TPSA) is 66.8 Å². The van der Waals surface area contributed by atoms with Gasteiger partial charge in [0.15, 0.2) is 6.04 Å². The van der Waals surface area contributed by atoms with Crippen LogP contribution in [-0.4, -0.2) is 47.7 Å². The molecule has 0 aromatic carbocycles. The molecule has 0 radical (unpaired) electrons. The van der Waals surface area contributed by atoms with Crippen LogP contribution in [0.4, 0.5) is 0 Å². The third-order valence-corrected chi connectivity index (χ3v) is 4.08. The first kappa shape index (κ1) is 12.7. The van der Waals surface area contributed by atoms with Crippen molar-refractivity contribution in [2.45, 2.75) is 31.7 Å². The fourth-order valence-electron chi connectivity index (χ4n) is 2.70. The van der Waals surface area contributed by atoms with Gasteiger partial charge in [0, 0.05) is 12.6 Å². The molecule has 0 aromatic heterocycles. The van der Waals surface area contributed by atoms with Crippen LogP contribution < -0.4 is 0 Å². The molecule has 0 bridgehead atoms. The molecule has 1 aliphatic heterocycles. The van der Waals surface area contributed by atoms with Gasteiger partial charge in [-0.05, 0) is 37.5 Å². The van der Waals surface area contributed by atoms with Crippen LogP contribution >= 0.6 is 0 Å². The Morgan fingerprint density at radius 3 is 2.32 bits per heavy atom. The fourth-order valence-corrected chi connectivity index (χ4v) is 2.70. The number of carbonyl (C=O) groups is 2. The van der Waals surface area contributed by atoms with Crippen LogP contribution in [0.2, 0.25) is 0 Å². The highest BCUT2D eigenvalue weighted by Gasteiger charge is 2.38. The molecule has 1 atom stereocenters. The zero-order chi connectivity index (χ0) is 13.4. The SMILES string of the molecule is O=C(O)[C@H]1COCCN1C(=O)C=C(C1CC1)C1CC1. The van der Waals surface area contributed by atoms with Crippen molar-refractivity contribution in [1.29, 1.82) is 0 Å². The van der Waals surface area contributed by atoms with Gasteiger partial charge in [-0.3, -0.25) is 4.79 Å². The van der Waals surface area contributed by atoms with Gasteiger partial charge in [0.25, 0.3) is 0 Å². The van der Waals surface area contributed by atoms with Gasteiger partial charge in [-0.2, -0.15) is 0 Å². The van der Waals surface area contributed by atoms with E-state index in [0.29, 0.717) is 25.0 Å². The second-order valence-corrected chi connectivity index (χ2v) is 5.65. The number of hydrogen-bond acceptors (Lipinski definition) is 3. The molecular weight excluding hydrogens is 246 g/mol. The molecule has 5 nitrogen and oxygen atoms in total. The molecule has 1 heterocycles. The van der Waals surface area contributed by atoms with E-state index in [9.17, 15) is 9.59 Å². The van der Waals surface area contributed by atoms with E-state index < -0.39 is 12.0 Å². The molecular formula is C14H19NO4. The third-order valence-electron chi connectivity index (χ3n) is 4.08. The highest BCUT2D eigenvalue weighted by molar-refractivity contribution is 5.92. The van der Waals surface area contributed by atoms with Gasteiger partial charge >= 0.3 is 5.97 Å². The Hall–Kier alpha value is -1.36. The summed E-state index contributed by atoms with van der Waals surface area (Å²) >= 11 is 0. The molecule has 1 N–H and O–H groups in total. The van der Waals surface area contributed by atoms with E-state index in [1.165, 1.54) is 36.2 Å². The van der Waals surface area contributed by atoms with Crippen LogP contribution in [0.15, 0.2) is 11.6 Å². The quantitative estimate of drug-likeness (QED) is 0.771. The molecule has 19 heavy (non-hydrogen) atoms. The first-order chi connectivity index (χ1) is 9.16. The minimum atomic E-state index is -0.985. The Kier molecular flexibility index (Phi) is 3.31. The lowest BCUT2D eigenvalue weighted by Crippen LogP contribution is -2.52. The summed E-state index contributed by atoms with van der Waals surface area (Å²) in [5.41, 5.74) is 1.26. The average Bonchev–Trinajstić information content (AvgIpc) is 3.29. The zero-order valence-electron chi connectivity index (χ0n) is 10.9. The number of nitrogens with zero attached hydrogens (tertiary/aromatic N) is 1. The molecule has 1 amide bonds. The van der Waals surface area contributed by atoms with Crippen molar-refractivity contribution in [3.63, 3.8) is 0 Å². The monoisotopic (exact) mass is 265 g/mol. The van der Waals surface area contributed by atoms with Crippen LogP contribution in [0.25, 0.3) is 0 Å². The third kappa shape index (κ3) is 2.81. The van der Waals surface area contributed by atoms with Gasteiger partial charge in [-0.15, -0.1) is 0 Å². The molecule has 104 valence electrons. The Bertz CT molecular complexity index is 409.